The summed E-state index contributed by atoms with van der Waals surface area (Å²) in [6, 6.07) is 0. The van der Waals surface area contributed by atoms with Gasteiger partial charge in [0.1, 0.15) is 0 Å². The van der Waals surface area contributed by atoms with Crippen LogP contribution in [0.15, 0.2) is 21.4 Å². The van der Waals surface area contributed by atoms with E-state index in [1.807, 2.05) is 0 Å². The molecular weight excluding hydrogens is 401 g/mol. The second-order valence-electron chi connectivity index (χ2n) is 0.298. The summed E-state index contributed by atoms with van der Waals surface area (Å²) < 4.78 is 0. The summed E-state index contributed by atoms with van der Waals surface area (Å²) in [6.45, 7) is 0. The quantitative estimate of drug-likeness (QED) is 0.230. The van der Waals surface area contributed by atoms with Crippen molar-refractivity contribution in [3.8, 4) is 0 Å². The van der Waals surface area contributed by atoms with Crippen molar-refractivity contribution in [2.24, 2.45) is 21.4 Å². The molecule has 0 amide bonds. The van der Waals surface area contributed by atoms with E-state index in [4.69, 9.17) is 40.5 Å². The van der Waals surface area contributed by atoms with Crippen LogP contribution in [0.5, 0.6) is 0 Å². The van der Waals surface area contributed by atoms with Gasteiger partial charge in [-0.25, -0.2) is 0 Å². The summed E-state index contributed by atoms with van der Waals surface area (Å²) in [5.41, 5.74) is 0. The first-order valence-electron chi connectivity index (χ1n) is 1.46. The molecule has 0 radical (unpaired) electrons. The van der Waals surface area contributed by atoms with Crippen molar-refractivity contribution in [2.75, 3.05) is 0 Å². The van der Waals surface area contributed by atoms with Crippen LogP contribution in [0.25, 0.3) is 0 Å². The summed E-state index contributed by atoms with van der Waals surface area (Å²) in [5, 5.41) is 36.0. The average Bonchev–Trinajstić information content (AvgIpc) is 1.92. The van der Waals surface area contributed by atoms with Crippen LogP contribution in [0.2, 0.25) is 0 Å². The van der Waals surface area contributed by atoms with Gasteiger partial charge < -0.3 is 62.4 Å². The zero-order chi connectivity index (χ0) is 10.8. The summed E-state index contributed by atoms with van der Waals surface area (Å²) in [7, 11) is 0. The largest absolute Gasteiger partial charge is 2.00 e. The van der Waals surface area contributed by atoms with E-state index in [0.717, 1.165) is 21.4 Å². The van der Waals surface area contributed by atoms with Crippen molar-refractivity contribution in [3.05, 3.63) is 40.5 Å². The first kappa shape index (κ1) is 83.8. The fourth-order valence-electron chi connectivity index (χ4n) is 0. The first-order valence-corrected chi connectivity index (χ1v) is 1.46. The van der Waals surface area contributed by atoms with E-state index in [-0.39, 0.29) is 86.9 Å². The van der Waals surface area contributed by atoms with Gasteiger partial charge in [-0.3, -0.25) is 0 Å². The molecule has 0 unspecified atom stereocenters. The minimum atomic E-state index is 0. The van der Waals surface area contributed by atoms with Crippen molar-refractivity contribution < 1.29 is 49.2 Å². The second-order valence-corrected chi connectivity index (χ2v) is 0.298. The van der Waals surface area contributed by atoms with E-state index in [2.05, 4.69) is 0 Å². The Morgan fingerprint density at radius 1 is 0.500 bits per heavy atom. The van der Waals surface area contributed by atoms with Gasteiger partial charge in [0.2, 0.25) is 0 Å². The first-order chi connectivity index (χ1) is 5.66. The minimum Gasteiger partial charge on any atom is -0.444 e. The predicted molar refractivity (Wildman–Crippen MR) is 56.9 cm³/mol. The van der Waals surface area contributed by atoms with E-state index in [9.17, 15) is 0 Å². The maximum atomic E-state index is 8.00. The molecule has 8 N–H and O–H groups in total. The molecule has 0 aromatic heterocycles. The molecule has 0 bridgehead atoms. The van der Waals surface area contributed by atoms with Crippen LogP contribution in [-0.2, 0) is 27.3 Å². The fraction of sp³-hybridized carbons (Fsp3) is 0. The van der Waals surface area contributed by atoms with Gasteiger partial charge in [0.25, 0.3) is 0 Å². The van der Waals surface area contributed by atoms with Crippen LogP contribution in [0.3, 0.4) is 0 Å². The van der Waals surface area contributed by atoms with E-state index in [1.54, 1.807) is 0 Å². The van der Waals surface area contributed by atoms with E-state index in [1.165, 1.54) is 0 Å². The minimum absolute atomic E-state index is 0. The summed E-state index contributed by atoms with van der Waals surface area (Å²) in [5.74, 6) is 0. The van der Waals surface area contributed by atoms with Gasteiger partial charge in [-0.15, -0.1) is 21.4 Å². The summed E-state index contributed by atoms with van der Waals surface area (Å²) in [4.78, 5) is 32.0. The van der Waals surface area contributed by atoms with Crippen LogP contribution < -0.4 is 0 Å². The van der Waals surface area contributed by atoms with Crippen LogP contribution in [0.1, 0.15) is 0 Å². The van der Waals surface area contributed by atoms with E-state index < -0.39 is 0 Å². The Labute approximate surface area is 147 Å². The van der Waals surface area contributed by atoms with Crippen LogP contribution >= 0.6 is 0 Å². The number of rotatable bonds is 0. The molecule has 18 heavy (non-hydrogen) atoms. The molecule has 0 fully saturated rings. The molecule has 0 aromatic rings. The van der Waals surface area contributed by atoms with Gasteiger partial charge in [-0.05, 0) is 0 Å². The van der Waals surface area contributed by atoms with Crippen molar-refractivity contribution in [1.29, 1.82) is 0 Å². The number of nitrogens with zero attached hydrogens (tertiary/aromatic N) is 4. The molecule has 104 valence electrons. The third-order valence-corrected chi connectivity index (χ3v) is 0. The topological polar surface area (TPSA) is 336 Å². The molecule has 0 aliphatic heterocycles. The molecule has 0 heterocycles. The Morgan fingerprint density at radius 3 is 0.500 bits per heavy atom. The molecule has 0 aliphatic carbocycles. The van der Waals surface area contributed by atoms with E-state index in [0.29, 0.717) is 0 Å². The van der Waals surface area contributed by atoms with E-state index >= 15 is 0 Å². The molecule has 0 atom stereocenters. The maximum absolute atomic E-state index is 8.00. The zero-order valence-electron chi connectivity index (χ0n) is 8.47. The Bertz CT molecular complexity index is 78.1. The van der Waals surface area contributed by atoms with Crippen LogP contribution in [0, 0.1) is 40.5 Å². The Hall–Kier alpha value is -0.378. The average molecular weight is 409 g/mol. The van der Waals surface area contributed by atoms with Gasteiger partial charge in [0.15, 0.2) is 0 Å². The van der Waals surface area contributed by atoms with Gasteiger partial charge >= 0.3 is 65.0 Å². The number of hydrogen-bond donors (Lipinski definition) is 0. The Balaban J connectivity index is -0.00000000533. The maximum Gasteiger partial charge on any atom is 2.00 e. The Kier molecular flexibility index (Phi) is 1440. The number of hydrogen-bond acceptors (Lipinski definition) is 12. The van der Waals surface area contributed by atoms with Gasteiger partial charge in [-0.1, -0.05) is 0 Å². The predicted octanol–water partition coefficient (Wildman–Crippen LogP) is -2.68. The normalized spacial score (nSPS) is 2.67. The fourth-order valence-corrected chi connectivity index (χ4v) is 0. The molecule has 0 rings (SSSR count). The second kappa shape index (κ2) is 309. The van der Waals surface area contributed by atoms with Crippen molar-refractivity contribution >= 4 is 37.7 Å². The molecule has 0 aliphatic rings. The third kappa shape index (κ3) is 23400. The Morgan fingerprint density at radius 2 is 0.500 bits per heavy atom. The molecule has 0 saturated heterocycles. The standard InChI is InChI=1S/Ca.Cd.4HNO2.4H2O/c;;4*2-1-3;;;;/h;;4*(H,2,3);4*1H2/q2*+2;;;;;;;;/p-4. The monoisotopic (exact) mass is 410 g/mol. The van der Waals surface area contributed by atoms with Crippen LogP contribution in [-0.4, -0.2) is 59.6 Å². The molecular formula is H8CaCdN4O12. The smallest absolute Gasteiger partial charge is 0.444 e. The molecule has 18 heteroatoms. The zero-order valence-corrected chi connectivity index (χ0v) is 14.7. The van der Waals surface area contributed by atoms with Crippen molar-refractivity contribution in [1.82, 2.24) is 0 Å². The SMILES string of the molecule is O.O.O.O.O=N[O-].O=N[O-].O=N[O-].O=N[O-].[Ca+2].[Cd+2]. The van der Waals surface area contributed by atoms with Gasteiger partial charge in [0, 0.05) is 0 Å². The van der Waals surface area contributed by atoms with Crippen LogP contribution in [0.4, 0.5) is 0 Å². The molecule has 0 saturated carbocycles. The molecule has 0 aromatic carbocycles. The molecule has 16 nitrogen and oxygen atoms in total. The van der Waals surface area contributed by atoms with Gasteiger partial charge in [0.05, 0.1) is 0 Å². The summed E-state index contributed by atoms with van der Waals surface area (Å²) in [6.07, 6.45) is 0. The summed E-state index contributed by atoms with van der Waals surface area (Å²) >= 11 is 0. The van der Waals surface area contributed by atoms with Gasteiger partial charge in [-0.2, -0.15) is 0 Å². The molecule has 0 spiro atoms. The van der Waals surface area contributed by atoms with Crippen molar-refractivity contribution in [2.45, 2.75) is 0 Å². The third-order valence-electron chi connectivity index (χ3n) is 0. The van der Waals surface area contributed by atoms with Crippen molar-refractivity contribution in [3.63, 3.8) is 0 Å².